The van der Waals surface area contributed by atoms with E-state index in [-0.39, 0.29) is 48.1 Å². The first-order valence-corrected chi connectivity index (χ1v) is 9.89. The van der Waals surface area contributed by atoms with Crippen molar-refractivity contribution in [1.29, 1.82) is 0 Å². The zero-order chi connectivity index (χ0) is 18.6. The Labute approximate surface area is 147 Å². The van der Waals surface area contributed by atoms with Crippen molar-refractivity contribution in [2.45, 2.75) is 32.7 Å². The standard InChI is InChI=1S/C17H22N2O5S/c1-12(20)14-3-5-16(6-4-14)19(13(2)21)9-7-17(22)18-15-8-10-25(23,24)11-15/h3-6,15H,7-11H2,1-2H3,(H,18,22). The maximum Gasteiger partial charge on any atom is 0.223 e. The molecule has 1 aromatic rings. The minimum absolute atomic E-state index is 0.0261. The van der Waals surface area contributed by atoms with Gasteiger partial charge < -0.3 is 10.2 Å². The lowest BCUT2D eigenvalue weighted by Gasteiger charge is -2.21. The lowest BCUT2D eigenvalue weighted by atomic mass is 10.1. The highest BCUT2D eigenvalue weighted by Gasteiger charge is 2.28. The Balaban J connectivity index is 1.94. The lowest BCUT2D eigenvalue weighted by molar-refractivity contribution is -0.121. The number of ketones is 1. The fourth-order valence-corrected chi connectivity index (χ4v) is 4.44. The van der Waals surface area contributed by atoms with Gasteiger partial charge in [-0.15, -0.1) is 0 Å². The highest BCUT2D eigenvalue weighted by atomic mass is 32.2. The van der Waals surface area contributed by atoms with Crippen molar-refractivity contribution < 1.29 is 22.8 Å². The Bertz CT molecular complexity index is 771. The van der Waals surface area contributed by atoms with Crippen LogP contribution in [-0.4, -0.2) is 50.1 Å². The van der Waals surface area contributed by atoms with Crippen LogP contribution in [0.3, 0.4) is 0 Å². The molecule has 1 aliphatic heterocycles. The van der Waals surface area contributed by atoms with Crippen molar-refractivity contribution in [2.24, 2.45) is 0 Å². The topological polar surface area (TPSA) is 101 Å². The number of Topliss-reactive ketones (excluding diaryl/α,β-unsaturated/α-hetero) is 1. The third-order valence-corrected chi connectivity index (χ3v) is 5.89. The molecule has 0 saturated carbocycles. The molecule has 1 heterocycles. The van der Waals surface area contributed by atoms with Gasteiger partial charge in [0.2, 0.25) is 11.8 Å². The molecule has 8 heteroatoms. The van der Waals surface area contributed by atoms with Gasteiger partial charge in [0.15, 0.2) is 15.6 Å². The van der Waals surface area contributed by atoms with Gasteiger partial charge in [0.25, 0.3) is 0 Å². The van der Waals surface area contributed by atoms with E-state index in [1.165, 1.54) is 18.7 Å². The van der Waals surface area contributed by atoms with Crippen LogP contribution >= 0.6 is 0 Å². The summed E-state index contributed by atoms with van der Waals surface area (Å²) in [6.45, 7) is 3.05. The monoisotopic (exact) mass is 366 g/mol. The summed E-state index contributed by atoms with van der Waals surface area (Å²) in [4.78, 5) is 36.6. The normalized spacial score (nSPS) is 18.6. The van der Waals surface area contributed by atoms with Gasteiger partial charge >= 0.3 is 0 Å². The van der Waals surface area contributed by atoms with Gasteiger partial charge in [-0.25, -0.2) is 8.42 Å². The Morgan fingerprint density at radius 1 is 1.16 bits per heavy atom. The molecule has 0 radical (unpaired) electrons. The second kappa shape index (κ2) is 7.77. The molecule has 7 nitrogen and oxygen atoms in total. The zero-order valence-corrected chi connectivity index (χ0v) is 15.1. The van der Waals surface area contributed by atoms with E-state index >= 15 is 0 Å². The van der Waals surface area contributed by atoms with E-state index in [1.54, 1.807) is 24.3 Å². The molecule has 1 N–H and O–H groups in total. The third kappa shape index (κ3) is 5.38. The van der Waals surface area contributed by atoms with Crippen LogP contribution < -0.4 is 10.2 Å². The lowest BCUT2D eigenvalue weighted by Crippen LogP contribution is -2.38. The van der Waals surface area contributed by atoms with E-state index in [1.807, 2.05) is 0 Å². The smallest absolute Gasteiger partial charge is 0.223 e. The van der Waals surface area contributed by atoms with E-state index in [0.717, 1.165) is 0 Å². The number of amides is 2. The van der Waals surface area contributed by atoms with Crippen LogP contribution in [0.2, 0.25) is 0 Å². The van der Waals surface area contributed by atoms with Crippen LogP contribution in [0.15, 0.2) is 24.3 Å². The summed E-state index contributed by atoms with van der Waals surface area (Å²) in [5.74, 6) is -0.492. The zero-order valence-electron chi connectivity index (χ0n) is 14.3. The highest BCUT2D eigenvalue weighted by molar-refractivity contribution is 7.91. The molecule has 1 fully saturated rings. The van der Waals surface area contributed by atoms with E-state index in [9.17, 15) is 22.8 Å². The molecule has 0 spiro atoms. The van der Waals surface area contributed by atoms with E-state index in [4.69, 9.17) is 0 Å². The number of hydrogen-bond donors (Lipinski definition) is 1. The molecule has 1 saturated heterocycles. The van der Waals surface area contributed by atoms with Gasteiger partial charge in [0.05, 0.1) is 11.5 Å². The summed E-state index contributed by atoms with van der Waals surface area (Å²) in [5, 5.41) is 2.70. The molecule has 1 aromatic carbocycles. The molecule has 0 aliphatic carbocycles. The molecule has 136 valence electrons. The minimum Gasteiger partial charge on any atom is -0.352 e. The summed E-state index contributed by atoms with van der Waals surface area (Å²) < 4.78 is 22.8. The van der Waals surface area contributed by atoms with Crippen molar-refractivity contribution >= 4 is 33.1 Å². The van der Waals surface area contributed by atoms with E-state index in [2.05, 4.69) is 5.32 Å². The van der Waals surface area contributed by atoms with Crippen molar-refractivity contribution in [1.82, 2.24) is 5.32 Å². The van der Waals surface area contributed by atoms with Crippen LogP contribution in [0.5, 0.6) is 0 Å². The van der Waals surface area contributed by atoms with Gasteiger partial charge in [0, 0.05) is 37.2 Å². The number of nitrogens with zero attached hydrogens (tertiary/aromatic N) is 1. The van der Waals surface area contributed by atoms with Gasteiger partial charge in [-0.3, -0.25) is 14.4 Å². The minimum atomic E-state index is -3.05. The Morgan fingerprint density at radius 3 is 2.28 bits per heavy atom. The molecule has 0 bridgehead atoms. The van der Waals surface area contributed by atoms with Crippen molar-refractivity contribution in [3.63, 3.8) is 0 Å². The number of sulfone groups is 1. The second-order valence-electron chi connectivity index (χ2n) is 6.19. The number of nitrogens with one attached hydrogen (secondary N) is 1. The molecular weight excluding hydrogens is 344 g/mol. The summed E-state index contributed by atoms with van der Waals surface area (Å²) in [5.41, 5.74) is 1.15. The molecule has 25 heavy (non-hydrogen) atoms. The Kier molecular flexibility index (Phi) is 5.94. The van der Waals surface area contributed by atoms with Crippen LogP contribution in [-0.2, 0) is 19.4 Å². The van der Waals surface area contributed by atoms with Gasteiger partial charge in [-0.05, 0) is 37.6 Å². The number of anilines is 1. The first-order valence-electron chi connectivity index (χ1n) is 8.07. The highest BCUT2D eigenvalue weighted by Crippen LogP contribution is 2.17. The largest absolute Gasteiger partial charge is 0.352 e. The average Bonchev–Trinajstić information content (AvgIpc) is 2.86. The quantitative estimate of drug-likeness (QED) is 0.755. The van der Waals surface area contributed by atoms with Crippen molar-refractivity contribution in [3.8, 4) is 0 Å². The number of hydrogen-bond acceptors (Lipinski definition) is 5. The number of benzene rings is 1. The molecule has 1 atom stereocenters. The molecular formula is C17H22N2O5S. The van der Waals surface area contributed by atoms with Crippen LogP contribution in [0.25, 0.3) is 0 Å². The predicted octanol–water partition coefficient (Wildman–Crippen LogP) is 0.936. The summed E-state index contributed by atoms with van der Waals surface area (Å²) in [6.07, 6.45) is 0.502. The van der Waals surface area contributed by atoms with Crippen molar-refractivity contribution in [3.05, 3.63) is 29.8 Å². The average molecular weight is 366 g/mol. The molecule has 1 unspecified atom stereocenters. The Hall–Kier alpha value is -2.22. The second-order valence-corrected chi connectivity index (χ2v) is 8.42. The van der Waals surface area contributed by atoms with Crippen molar-refractivity contribution in [2.75, 3.05) is 23.0 Å². The summed E-state index contributed by atoms with van der Waals surface area (Å²) >= 11 is 0. The number of rotatable bonds is 6. The predicted molar refractivity (Wildman–Crippen MR) is 94.3 cm³/mol. The SMILES string of the molecule is CC(=O)c1ccc(N(CCC(=O)NC2CCS(=O)(=O)C2)C(C)=O)cc1. The molecule has 1 aliphatic rings. The summed E-state index contributed by atoms with van der Waals surface area (Å²) in [7, 11) is -3.05. The first kappa shape index (κ1) is 19.1. The van der Waals surface area contributed by atoms with Gasteiger partial charge in [-0.2, -0.15) is 0 Å². The fraction of sp³-hybridized carbons (Fsp3) is 0.471. The van der Waals surface area contributed by atoms with E-state index < -0.39 is 9.84 Å². The van der Waals surface area contributed by atoms with Crippen LogP contribution in [0, 0.1) is 0 Å². The Morgan fingerprint density at radius 2 is 1.80 bits per heavy atom. The number of carbonyl (C=O) groups is 3. The van der Waals surface area contributed by atoms with Crippen LogP contribution in [0.1, 0.15) is 37.0 Å². The van der Waals surface area contributed by atoms with Crippen LogP contribution in [0.4, 0.5) is 5.69 Å². The number of carbonyl (C=O) groups excluding carboxylic acids is 3. The van der Waals surface area contributed by atoms with Gasteiger partial charge in [-0.1, -0.05) is 0 Å². The van der Waals surface area contributed by atoms with E-state index in [0.29, 0.717) is 17.7 Å². The van der Waals surface area contributed by atoms with Gasteiger partial charge in [0.1, 0.15) is 0 Å². The summed E-state index contributed by atoms with van der Waals surface area (Å²) in [6, 6.07) is 6.26. The molecule has 2 amide bonds. The molecule has 2 rings (SSSR count). The maximum absolute atomic E-state index is 12.0. The first-order chi connectivity index (χ1) is 11.7. The molecule has 0 aromatic heterocycles. The fourth-order valence-electron chi connectivity index (χ4n) is 2.77. The maximum atomic E-state index is 12.0. The third-order valence-electron chi connectivity index (χ3n) is 4.13.